The van der Waals surface area contributed by atoms with Gasteiger partial charge in [-0.2, -0.15) is 5.26 Å². The molecule has 0 saturated carbocycles. The smallest absolute Gasteiger partial charge is 0.339 e. The van der Waals surface area contributed by atoms with Crippen molar-refractivity contribution in [3.8, 4) is 28.8 Å². The second kappa shape index (κ2) is 6.26. The predicted octanol–water partition coefficient (Wildman–Crippen LogP) is 3.12. The number of pyridine rings is 1. The summed E-state index contributed by atoms with van der Waals surface area (Å²) >= 11 is 0. The van der Waals surface area contributed by atoms with E-state index < -0.39 is 5.97 Å². The zero-order valence-corrected chi connectivity index (χ0v) is 12.8. The second-order valence-corrected chi connectivity index (χ2v) is 5.02. The number of rotatable bonds is 4. The highest BCUT2D eigenvalue weighted by molar-refractivity contribution is 5.91. The molecule has 0 aliphatic carbocycles. The summed E-state index contributed by atoms with van der Waals surface area (Å²) in [6, 6.07) is 13.1. The highest BCUT2D eigenvalue weighted by atomic mass is 16.5. The average molecular weight is 319 g/mol. The minimum atomic E-state index is -1.11. The van der Waals surface area contributed by atoms with Crippen LogP contribution in [0.1, 0.15) is 15.9 Å². The summed E-state index contributed by atoms with van der Waals surface area (Å²) in [4.78, 5) is 15.6. The molecular formula is C18H13N3O3. The van der Waals surface area contributed by atoms with Gasteiger partial charge in [-0.3, -0.25) is 0 Å². The van der Waals surface area contributed by atoms with E-state index in [1.807, 2.05) is 30.3 Å². The van der Waals surface area contributed by atoms with E-state index in [1.54, 1.807) is 17.0 Å². The summed E-state index contributed by atoms with van der Waals surface area (Å²) in [5.74, 6) is -0.527. The summed E-state index contributed by atoms with van der Waals surface area (Å²) in [6.45, 7) is 0. The number of aromatic nitrogens is 2. The van der Waals surface area contributed by atoms with Crippen LogP contribution in [0.5, 0.6) is 5.75 Å². The fourth-order valence-electron chi connectivity index (χ4n) is 2.43. The molecule has 0 bridgehead atoms. The van der Waals surface area contributed by atoms with Gasteiger partial charge in [0.05, 0.1) is 18.9 Å². The van der Waals surface area contributed by atoms with Crippen molar-refractivity contribution in [2.45, 2.75) is 0 Å². The standard InChI is InChI=1S/C18H13N3O3/c1-24-16-9-20-17(7-14(16)18(22)23)21-10-13(8-19)15(11-21)12-5-3-2-4-6-12/h2-7,9-11H,1H3,(H,22,23). The summed E-state index contributed by atoms with van der Waals surface area (Å²) in [5.41, 5.74) is 2.15. The molecule has 0 radical (unpaired) electrons. The molecule has 6 nitrogen and oxygen atoms in total. The van der Waals surface area contributed by atoms with Gasteiger partial charge in [-0.25, -0.2) is 9.78 Å². The van der Waals surface area contributed by atoms with Crippen LogP contribution in [-0.4, -0.2) is 27.7 Å². The maximum Gasteiger partial charge on any atom is 0.339 e. The number of carboxylic acids is 1. The Balaban J connectivity index is 2.12. The van der Waals surface area contributed by atoms with Crippen LogP contribution in [0.15, 0.2) is 55.0 Å². The fraction of sp³-hybridized carbons (Fsp3) is 0.0556. The van der Waals surface area contributed by atoms with Crippen LogP contribution in [0.4, 0.5) is 0 Å². The molecule has 3 rings (SSSR count). The molecule has 0 saturated heterocycles. The normalized spacial score (nSPS) is 10.2. The van der Waals surface area contributed by atoms with Gasteiger partial charge in [0, 0.05) is 18.0 Å². The third kappa shape index (κ3) is 2.71. The predicted molar refractivity (Wildman–Crippen MR) is 87.2 cm³/mol. The molecule has 0 spiro atoms. The van der Waals surface area contributed by atoms with Crippen molar-refractivity contribution in [3.05, 3.63) is 66.1 Å². The van der Waals surface area contributed by atoms with Crippen molar-refractivity contribution in [2.24, 2.45) is 0 Å². The van der Waals surface area contributed by atoms with Gasteiger partial charge < -0.3 is 14.4 Å². The Kier molecular flexibility index (Phi) is 4.00. The van der Waals surface area contributed by atoms with Crippen molar-refractivity contribution in [1.29, 1.82) is 5.26 Å². The lowest BCUT2D eigenvalue weighted by Gasteiger charge is -2.07. The van der Waals surface area contributed by atoms with Gasteiger partial charge in [-0.05, 0) is 11.6 Å². The quantitative estimate of drug-likeness (QED) is 0.798. The number of ether oxygens (including phenoxy) is 1. The van der Waals surface area contributed by atoms with Crippen LogP contribution in [0.3, 0.4) is 0 Å². The van der Waals surface area contributed by atoms with Gasteiger partial charge in [0.25, 0.3) is 0 Å². The molecule has 3 aromatic rings. The maximum atomic E-state index is 11.3. The number of carboxylic acid groups (broad SMARTS) is 1. The van der Waals surface area contributed by atoms with Crippen LogP contribution in [0.25, 0.3) is 16.9 Å². The third-order valence-electron chi connectivity index (χ3n) is 3.60. The molecule has 0 fully saturated rings. The molecule has 1 N–H and O–H groups in total. The summed E-state index contributed by atoms with van der Waals surface area (Å²) < 4.78 is 6.64. The first-order valence-corrected chi connectivity index (χ1v) is 7.09. The Morgan fingerprint density at radius 3 is 2.67 bits per heavy atom. The Morgan fingerprint density at radius 1 is 1.29 bits per heavy atom. The van der Waals surface area contributed by atoms with Crippen LogP contribution in [0, 0.1) is 11.3 Å². The largest absolute Gasteiger partial charge is 0.494 e. The van der Waals surface area contributed by atoms with E-state index in [9.17, 15) is 15.2 Å². The summed E-state index contributed by atoms with van der Waals surface area (Å²) in [7, 11) is 1.39. The molecule has 24 heavy (non-hydrogen) atoms. The SMILES string of the molecule is COc1cnc(-n2cc(C#N)c(-c3ccccc3)c2)cc1C(=O)O. The topological polar surface area (TPSA) is 88.1 Å². The van der Waals surface area contributed by atoms with Crippen molar-refractivity contribution in [2.75, 3.05) is 7.11 Å². The number of nitriles is 1. The number of benzene rings is 1. The lowest BCUT2D eigenvalue weighted by atomic mass is 10.1. The molecule has 0 amide bonds. The second-order valence-electron chi connectivity index (χ2n) is 5.02. The minimum absolute atomic E-state index is 0.0102. The number of carbonyl (C=O) groups is 1. The summed E-state index contributed by atoms with van der Waals surface area (Å²) in [5, 5.41) is 18.6. The van der Waals surface area contributed by atoms with Crippen LogP contribution < -0.4 is 4.74 Å². The van der Waals surface area contributed by atoms with E-state index in [4.69, 9.17) is 4.74 Å². The summed E-state index contributed by atoms with van der Waals surface area (Å²) in [6.07, 6.45) is 4.74. The van der Waals surface area contributed by atoms with E-state index >= 15 is 0 Å². The molecule has 0 atom stereocenters. The van der Waals surface area contributed by atoms with Gasteiger partial charge in [0.15, 0.2) is 5.75 Å². The molecular weight excluding hydrogens is 306 g/mol. The van der Waals surface area contributed by atoms with Gasteiger partial charge in [-0.1, -0.05) is 30.3 Å². The molecule has 0 unspecified atom stereocenters. The number of methoxy groups -OCH3 is 1. The first-order valence-electron chi connectivity index (χ1n) is 7.09. The van der Waals surface area contributed by atoms with E-state index in [0.717, 1.165) is 11.1 Å². The Hall–Kier alpha value is -3.59. The molecule has 0 aliphatic heterocycles. The average Bonchev–Trinajstić information content (AvgIpc) is 3.06. The first-order chi connectivity index (χ1) is 11.6. The van der Waals surface area contributed by atoms with Gasteiger partial charge in [0.2, 0.25) is 0 Å². The third-order valence-corrected chi connectivity index (χ3v) is 3.60. The van der Waals surface area contributed by atoms with Crippen LogP contribution in [0.2, 0.25) is 0 Å². The van der Waals surface area contributed by atoms with E-state index in [0.29, 0.717) is 11.4 Å². The van der Waals surface area contributed by atoms with E-state index in [1.165, 1.54) is 19.4 Å². The lowest BCUT2D eigenvalue weighted by molar-refractivity contribution is 0.0693. The highest BCUT2D eigenvalue weighted by Crippen LogP contribution is 2.27. The minimum Gasteiger partial charge on any atom is -0.494 e. The number of hydrogen-bond donors (Lipinski definition) is 1. The Morgan fingerprint density at radius 2 is 2.04 bits per heavy atom. The lowest BCUT2D eigenvalue weighted by Crippen LogP contribution is -2.04. The van der Waals surface area contributed by atoms with E-state index in [-0.39, 0.29) is 11.3 Å². The van der Waals surface area contributed by atoms with Gasteiger partial charge >= 0.3 is 5.97 Å². The van der Waals surface area contributed by atoms with Crippen molar-refractivity contribution >= 4 is 5.97 Å². The molecule has 1 aromatic carbocycles. The zero-order chi connectivity index (χ0) is 17.1. The maximum absolute atomic E-state index is 11.3. The fourth-order valence-corrected chi connectivity index (χ4v) is 2.43. The van der Waals surface area contributed by atoms with Crippen molar-refractivity contribution in [3.63, 3.8) is 0 Å². The molecule has 6 heteroatoms. The highest BCUT2D eigenvalue weighted by Gasteiger charge is 2.15. The molecule has 2 aromatic heterocycles. The van der Waals surface area contributed by atoms with E-state index in [2.05, 4.69) is 11.1 Å². The van der Waals surface area contributed by atoms with Gasteiger partial charge in [0.1, 0.15) is 17.5 Å². The van der Waals surface area contributed by atoms with Crippen LogP contribution in [-0.2, 0) is 0 Å². The van der Waals surface area contributed by atoms with Gasteiger partial charge in [-0.15, -0.1) is 0 Å². The van der Waals surface area contributed by atoms with Crippen molar-refractivity contribution < 1.29 is 14.6 Å². The monoisotopic (exact) mass is 319 g/mol. The Labute approximate surface area is 138 Å². The number of nitrogens with zero attached hydrogens (tertiary/aromatic N) is 3. The first kappa shape index (κ1) is 15.3. The van der Waals surface area contributed by atoms with Crippen LogP contribution >= 0.6 is 0 Å². The molecule has 0 aliphatic rings. The Bertz CT molecular complexity index is 940. The zero-order valence-electron chi connectivity index (χ0n) is 12.8. The molecule has 2 heterocycles. The van der Waals surface area contributed by atoms with Crippen molar-refractivity contribution in [1.82, 2.24) is 9.55 Å². The molecule has 118 valence electrons. The number of aromatic carboxylic acids is 1. The number of hydrogen-bond acceptors (Lipinski definition) is 4.